The van der Waals surface area contributed by atoms with Gasteiger partial charge in [-0.15, -0.1) is 0 Å². The van der Waals surface area contributed by atoms with Crippen molar-refractivity contribution in [2.75, 3.05) is 5.73 Å². The molecule has 88 valence electrons. The van der Waals surface area contributed by atoms with Gasteiger partial charge in [0.2, 0.25) is 0 Å². The Balaban J connectivity index is 2.02. The van der Waals surface area contributed by atoms with E-state index < -0.39 is 0 Å². The minimum Gasteiger partial charge on any atom is -0.490 e. The van der Waals surface area contributed by atoms with Crippen LogP contribution in [-0.2, 0) is 0 Å². The SMILES string of the molecule is Cc1ccc(OC2CC2)c(-c2cc(N)no2)c1. The molecule has 0 spiro atoms. The predicted molar refractivity (Wildman–Crippen MR) is 64.7 cm³/mol. The summed E-state index contributed by atoms with van der Waals surface area (Å²) in [4.78, 5) is 0. The van der Waals surface area contributed by atoms with Crippen LogP contribution in [0, 0.1) is 6.92 Å². The Morgan fingerprint density at radius 1 is 1.35 bits per heavy atom. The van der Waals surface area contributed by atoms with Crippen LogP contribution >= 0.6 is 0 Å². The summed E-state index contributed by atoms with van der Waals surface area (Å²) in [5.41, 5.74) is 7.64. The first-order chi connectivity index (χ1) is 8.22. The molecule has 0 unspecified atom stereocenters. The van der Waals surface area contributed by atoms with E-state index >= 15 is 0 Å². The van der Waals surface area contributed by atoms with Crippen molar-refractivity contribution in [3.8, 4) is 17.1 Å². The zero-order chi connectivity index (χ0) is 11.8. The first-order valence-corrected chi connectivity index (χ1v) is 5.72. The summed E-state index contributed by atoms with van der Waals surface area (Å²) < 4.78 is 11.0. The minimum absolute atomic E-state index is 0.358. The van der Waals surface area contributed by atoms with Gasteiger partial charge >= 0.3 is 0 Å². The maximum atomic E-state index is 5.85. The highest BCUT2D eigenvalue weighted by Gasteiger charge is 2.25. The molecule has 17 heavy (non-hydrogen) atoms. The van der Waals surface area contributed by atoms with Gasteiger partial charge in [-0.25, -0.2) is 0 Å². The number of nitrogen functional groups attached to an aromatic ring is 1. The molecule has 1 aromatic carbocycles. The molecule has 0 amide bonds. The first-order valence-electron chi connectivity index (χ1n) is 5.72. The van der Waals surface area contributed by atoms with Gasteiger partial charge in [0, 0.05) is 6.07 Å². The lowest BCUT2D eigenvalue weighted by Crippen LogP contribution is -1.97. The zero-order valence-corrected chi connectivity index (χ0v) is 9.64. The van der Waals surface area contributed by atoms with E-state index in [1.165, 1.54) is 0 Å². The van der Waals surface area contributed by atoms with E-state index in [0.717, 1.165) is 29.7 Å². The molecular formula is C13H14N2O2. The lowest BCUT2D eigenvalue weighted by molar-refractivity contribution is 0.303. The van der Waals surface area contributed by atoms with Crippen LogP contribution in [0.1, 0.15) is 18.4 Å². The topological polar surface area (TPSA) is 61.3 Å². The van der Waals surface area contributed by atoms with Gasteiger partial charge in [0.25, 0.3) is 0 Å². The van der Waals surface area contributed by atoms with Gasteiger partial charge in [0.15, 0.2) is 11.6 Å². The summed E-state index contributed by atoms with van der Waals surface area (Å²) in [5, 5.41) is 3.71. The largest absolute Gasteiger partial charge is 0.490 e. The average molecular weight is 230 g/mol. The second kappa shape index (κ2) is 3.80. The second-order valence-electron chi connectivity index (χ2n) is 4.43. The first kappa shape index (κ1) is 10.2. The van der Waals surface area contributed by atoms with Crippen molar-refractivity contribution < 1.29 is 9.26 Å². The second-order valence-corrected chi connectivity index (χ2v) is 4.43. The Kier molecular flexibility index (Phi) is 2.28. The number of hydrogen-bond donors (Lipinski definition) is 1. The molecule has 2 N–H and O–H groups in total. The lowest BCUT2D eigenvalue weighted by Gasteiger charge is -2.09. The number of aryl methyl sites for hydroxylation is 1. The van der Waals surface area contributed by atoms with Gasteiger partial charge in [0.05, 0.1) is 11.7 Å². The summed E-state index contributed by atoms with van der Waals surface area (Å²) in [7, 11) is 0. The molecular weight excluding hydrogens is 216 g/mol. The quantitative estimate of drug-likeness (QED) is 0.880. The number of anilines is 1. The molecule has 3 rings (SSSR count). The highest BCUT2D eigenvalue weighted by Crippen LogP contribution is 2.35. The van der Waals surface area contributed by atoms with Crippen molar-refractivity contribution in [3.05, 3.63) is 29.8 Å². The van der Waals surface area contributed by atoms with Crippen LogP contribution in [0.4, 0.5) is 5.82 Å². The van der Waals surface area contributed by atoms with Crippen molar-refractivity contribution in [1.29, 1.82) is 0 Å². The lowest BCUT2D eigenvalue weighted by atomic mass is 10.1. The fourth-order valence-electron chi connectivity index (χ4n) is 1.72. The zero-order valence-electron chi connectivity index (χ0n) is 9.64. The molecule has 0 aliphatic heterocycles. The number of rotatable bonds is 3. The summed E-state index contributed by atoms with van der Waals surface area (Å²) in [6.07, 6.45) is 2.62. The number of nitrogens with two attached hydrogens (primary N) is 1. The van der Waals surface area contributed by atoms with Crippen molar-refractivity contribution in [1.82, 2.24) is 5.16 Å². The molecule has 4 heteroatoms. The van der Waals surface area contributed by atoms with Crippen LogP contribution < -0.4 is 10.5 Å². The molecule has 0 atom stereocenters. The van der Waals surface area contributed by atoms with Crippen molar-refractivity contribution >= 4 is 5.82 Å². The summed E-state index contributed by atoms with van der Waals surface area (Å²) in [6, 6.07) is 7.74. The molecule has 1 aliphatic carbocycles. The highest BCUT2D eigenvalue weighted by atomic mass is 16.5. The molecule has 2 aromatic rings. The Bertz CT molecular complexity index is 544. The fourth-order valence-corrected chi connectivity index (χ4v) is 1.72. The number of benzene rings is 1. The van der Waals surface area contributed by atoms with Crippen LogP contribution in [0.2, 0.25) is 0 Å². The van der Waals surface area contributed by atoms with Gasteiger partial charge < -0.3 is 15.0 Å². The molecule has 1 aliphatic rings. The summed E-state index contributed by atoms with van der Waals surface area (Å²) in [6.45, 7) is 2.03. The Hall–Kier alpha value is -1.97. The number of nitrogens with zero attached hydrogens (tertiary/aromatic N) is 1. The van der Waals surface area contributed by atoms with E-state index in [9.17, 15) is 0 Å². The van der Waals surface area contributed by atoms with E-state index in [1.807, 2.05) is 25.1 Å². The number of ether oxygens (including phenoxy) is 1. The molecule has 1 heterocycles. The standard InChI is InChI=1S/C13H14N2O2/c1-8-2-5-11(16-9-3-4-9)10(6-8)12-7-13(14)15-17-12/h2,5-7,9H,3-4H2,1H3,(H2,14,15). The molecule has 1 aromatic heterocycles. The number of aromatic nitrogens is 1. The van der Waals surface area contributed by atoms with Crippen LogP contribution in [0.3, 0.4) is 0 Å². The molecule has 0 bridgehead atoms. The monoisotopic (exact) mass is 230 g/mol. The maximum absolute atomic E-state index is 5.85. The molecule has 0 radical (unpaired) electrons. The summed E-state index contributed by atoms with van der Waals surface area (Å²) >= 11 is 0. The summed E-state index contributed by atoms with van der Waals surface area (Å²) in [5.74, 6) is 1.88. The van der Waals surface area contributed by atoms with E-state index in [1.54, 1.807) is 6.07 Å². The van der Waals surface area contributed by atoms with Crippen LogP contribution in [0.15, 0.2) is 28.8 Å². The van der Waals surface area contributed by atoms with Crippen molar-refractivity contribution in [2.24, 2.45) is 0 Å². The third kappa shape index (κ3) is 2.11. The van der Waals surface area contributed by atoms with Crippen LogP contribution in [0.5, 0.6) is 5.75 Å². The van der Waals surface area contributed by atoms with Gasteiger partial charge in [-0.2, -0.15) is 0 Å². The smallest absolute Gasteiger partial charge is 0.172 e. The third-order valence-electron chi connectivity index (χ3n) is 2.75. The average Bonchev–Trinajstić information content (AvgIpc) is 3.01. The Labute approximate surface area is 99.4 Å². The normalized spacial score (nSPS) is 14.9. The predicted octanol–water partition coefficient (Wildman–Crippen LogP) is 2.77. The molecule has 0 saturated heterocycles. The molecule has 1 fully saturated rings. The third-order valence-corrected chi connectivity index (χ3v) is 2.75. The van der Waals surface area contributed by atoms with Gasteiger partial charge in [-0.05, 0) is 31.9 Å². The highest BCUT2D eigenvalue weighted by molar-refractivity contribution is 5.68. The molecule has 4 nitrogen and oxygen atoms in total. The van der Waals surface area contributed by atoms with Gasteiger partial charge in [-0.1, -0.05) is 16.8 Å². The van der Waals surface area contributed by atoms with Crippen LogP contribution in [-0.4, -0.2) is 11.3 Å². The van der Waals surface area contributed by atoms with E-state index in [2.05, 4.69) is 5.16 Å². The Morgan fingerprint density at radius 2 is 2.18 bits per heavy atom. The van der Waals surface area contributed by atoms with Gasteiger partial charge in [0.1, 0.15) is 5.75 Å². The minimum atomic E-state index is 0.358. The van der Waals surface area contributed by atoms with Crippen molar-refractivity contribution in [3.63, 3.8) is 0 Å². The van der Waals surface area contributed by atoms with Crippen LogP contribution in [0.25, 0.3) is 11.3 Å². The fraction of sp³-hybridized carbons (Fsp3) is 0.308. The van der Waals surface area contributed by atoms with E-state index in [0.29, 0.717) is 17.7 Å². The van der Waals surface area contributed by atoms with E-state index in [4.69, 9.17) is 15.0 Å². The molecule has 1 saturated carbocycles. The maximum Gasteiger partial charge on any atom is 0.172 e. The van der Waals surface area contributed by atoms with Gasteiger partial charge in [-0.3, -0.25) is 0 Å². The Morgan fingerprint density at radius 3 is 2.82 bits per heavy atom. The van der Waals surface area contributed by atoms with E-state index in [-0.39, 0.29) is 0 Å². The van der Waals surface area contributed by atoms with Crippen molar-refractivity contribution in [2.45, 2.75) is 25.9 Å². The number of hydrogen-bond acceptors (Lipinski definition) is 4.